The SMILES string of the molecule is N#Cc1c(NC(=O)C[NH2+][C@H](c2ccccc2)c2ccco2)sc2c1CCCC2. The van der Waals surface area contributed by atoms with Gasteiger partial charge in [0.15, 0.2) is 18.3 Å². The lowest BCUT2D eigenvalue weighted by molar-refractivity contribution is -0.678. The van der Waals surface area contributed by atoms with Crippen molar-refractivity contribution in [2.45, 2.75) is 31.7 Å². The summed E-state index contributed by atoms with van der Waals surface area (Å²) in [5, 5.41) is 15.2. The van der Waals surface area contributed by atoms with Gasteiger partial charge >= 0.3 is 0 Å². The maximum Gasteiger partial charge on any atom is 0.280 e. The number of nitrogens with two attached hydrogens (primary N) is 1. The van der Waals surface area contributed by atoms with Crippen molar-refractivity contribution in [1.82, 2.24) is 0 Å². The number of furan rings is 1. The zero-order valence-electron chi connectivity index (χ0n) is 15.5. The van der Waals surface area contributed by atoms with Gasteiger partial charge in [-0.15, -0.1) is 11.3 Å². The minimum atomic E-state index is -0.109. The Kier molecular flexibility index (Phi) is 5.56. The number of thiophene rings is 1. The Balaban J connectivity index is 1.46. The first-order chi connectivity index (χ1) is 13.8. The molecular formula is C22H22N3O2S+. The lowest BCUT2D eigenvalue weighted by Crippen LogP contribution is -2.87. The Hall–Kier alpha value is -2.88. The number of benzene rings is 1. The number of carbonyl (C=O) groups is 1. The van der Waals surface area contributed by atoms with Gasteiger partial charge in [0.05, 0.1) is 11.8 Å². The van der Waals surface area contributed by atoms with Crippen LogP contribution in [0.15, 0.2) is 53.1 Å². The Morgan fingerprint density at radius 3 is 2.79 bits per heavy atom. The monoisotopic (exact) mass is 392 g/mol. The highest BCUT2D eigenvalue weighted by molar-refractivity contribution is 7.16. The Bertz CT molecular complexity index is 987. The number of nitriles is 1. The number of rotatable bonds is 6. The van der Waals surface area contributed by atoms with E-state index in [4.69, 9.17) is 4.42 Å². The van der Waals surface area contributed by atoms with E-state index >= 15 is 0 Å². The van der Waals surface area contributed by atoms with Gasteiger partial charge in [-0.05, 0) is 43.4 Å². The second kappa shape index (κ2) is 8.42. The molecule has 0 fully saturated rings. The van der Waals surface area contributed by atoms with Crippen molar-refractivity contribution in [2.75, 3.05) is 11.9 Å². The third kappa shape index (κ3) is 3.86. The standard InChI is InChI=1S/C22H21N3O2S/c23-13-17-16-9-4-5-11-19(16)28-22(17)25-20(26)14-24-21(18-10-6-12-27-18)15-7-2-1-3-8-15/h1-3,6-8,10,12,21,24H,4-5,9,11,14H2,(H,25,26)/p+1/t21-/m1/s1. The van der Waals surface area contributed by atoms with Crippen molar-refractivity contribution >= 4 is 22.2 Å². The lowest BCUT2D eigenvalue weighted by Gasteiger charge is -2.13. The van der Waals surface area contributed by atoms with Crippen molar-refractivity contribution < 1.29 is 14.5 Å². The summed E-state index contributed by atoms with van der Waals surface area (Å²) in [5.41, 5.74) is 2.86. The summed E-state index contributed by atoms with van der Waals surface area (Å²) in [7, 11) is 0. The van der Waals surface area contributed by atoms with Crippen molar-refractivity contribution in [2.24, 2.45) is 0 Å². The number of aryl methyl sites for hydroxylation is 1. The molecule has 4 rings (SSSR count). The average Bonchev–Trinajstić information content (AvgIpc) is 3.36. The van der Waals surface area contributed by atoms with Gasteiger partial charge in [-0.1, -0.05) is 30.3 Å². The average molecular weight is 393 g/mol. The van der Waals surface area contributed by atoms with Crippen molar-refractivity contribution in [3.8, 4) is 6.07 Å². The van der Waals surface area contributed by atoms with E-state index in [1.165, 1.54) is 4.88 Å². The third-order valence-corrected chi connectivity index (χ3v) is 6.29. The second-order valence-electron chi connectivity index (χ2n) is 6.92. The predicted molar refractivity (Wildman–Crippen MR) is 108 cm³/mol. The van der Waals surface area contributed by atoms with Crippen LogP contribution < -0.4 is 10.6 Å². The molecule has 1 aliphatic rings. The lowest BCUT2D eigenvalue weighted by atomic mass is 9.96. The number of hydrogen-bond acceptors (Lipinski definition) is 4. The summed E-state index contributed by atoms with van der Waals surface area (Å²) in [6.07, 6.45) is 5.86. The molecule has 5 nitrogen and oxygen atoms in total. The van der Waals surface area contributed by atoms with Crippen LogP contribution in [0.4, 0.5) is 5.00 Å². The van der Waals surface area contributed by atoms with Crippen LogP contribution in [0, 0.1) is 11.3 Å². The molecule has 0 bridgehead atoms. The second-order valence-corrected chi connectivity index (χ2v) is 8.02. The van der Waals surface area contributed by atoms with Crippen molar-refractivity contribution in [3.63, 3.8) is 0 Å². The summed E-state index contributed by atoms with van der Waals surface area (Å²) >= 11 is 1.56. The first-order valence-electron chi connectivity index (χ1n) is 9.52. The molecule has 1 amide bonds. The number of amides is 1. The molecule has 0 aliphatic heterocycles. The van der Waals surface area contributed by atoms with Crippen LogP contribution in [0.25, 0.3) is 0 Å². The van der Waals surface area contributed by atoms with E-state index in [0.717, 1.165) is 42.6 Å². The van der Waals surface area contributed by atoms with Crippen molar-refractivity contribution in [1.29, 1.82) is 5.26 Å². The molecule has 1 atom stereocenters. The van der Waals surface area contributed by atoms with Crippen LogP contribution >= 0.6 is 11.3 Å². The Morgan fingerprint density at radius 1 is 1.21 bits per heavy atom. The minimum Gasteiger partial charge on any atom is -0.463 e. The highest BCUT2D eigenvalue weighted by Crippen LogP contribution is 2.37. The van der Waals surface area contributed by atoms with Crippen LogP contribution in [-0.2, 0) is 17.6 Å². The van der Waals surface area contributed by atoms with E-state index in [2.05, 4.69) is 11.4 Å². The van der Waals surface area contributed by atoms with Crippen LogP contribution in [0.2, 0.25) is 0 Å². The number of nitrogens with zero attached hydrogens (tertiary/aromatic N) is 1. The van der Waals surface area contributed by atoms with Crippen LogP contribution in [0.5, 0.6) is 0 Å². The zero-order chi connectivity index (χ0) is 19.3. The van der Waals surface area contributed by atoms with E-state index in [1.54, 1.807) is 17.6 Å². The summed E-state index contributed by atoms with van der Waals surface area (Å²) in [6.45, 7) is 0.244. The van der Waals surface area contributed by atoms with Crippen molar-refractivity contribution in [3.05, 3.63) is 76.1 Å². The number of nitrogens with one attached hydrogen (secondary N) is 1. The highest BCUT2D eigenvalue weighted by atomic mass is 32.1. The van der Waals surface area contributed by atoms with Gasteiger partial charge in [0.1, 0.15) is 11.1 Å². The predicted octanol–water partition coefficient (Wildman–Crippen LogP) is 3.38. The van der Waals surface area contributed by atoms with E-state index in [1.807, 2.05) is 47.8 Å². The fourth-order valence-electron chi connectivity index (χ4n) is 3.72. The molecule has 1 aliphatic carbocycles. The zero-order valence-corrected chi connectivity index (χ0v) is 16.3. The Morgan fingerprint density at radius 2 is 2.04 bits per heavy atom. The van der Waals surface area contributed by atoms with Gasteiger partial charge < -0.3 is 15.1 Å². The normalized spacial score (nSPS) is 14.1. The molecule has 1 aromatic carbocycles. The minimum absolute atomic E-state index is 0.0890. The number of quaternary nitrogens is 1. The molecule has 0 saturated carbocycles. The van der Waals surface area contributed by atoms with E-state index in [9.17, 15) is 10.1 Å². The fraction of sp³-hybridized carbons (Fsp3) is 0.273. The van der Waals surface area contributed by atoms with Gasteiger partial charge in [-0.3, -0.25) is 4.79 Å². The topological polar surface area (TPSA) is 82.6 Å². The third-order valence-electron chi connectivity index (χ3n) is 5.08. The first kappa shape index (κ1) is 18.5. The summed E-state index contributed by atoms with van der Waals surface area (Å²) in [5.74, 6) is 0.700. The Labute approximate surface area is 168 Å². The molecule has 0 radical (unpaired) electrons. The van der Waals surface area contributed by atoms with Crippen LogP contribution in [-0.4, -0.2) is 12.5 Å². The van der Waals surface area contributed by atoms with Gasteiger partial charge in [0, 0.05) is 10.4 Å². The maximum absolute atomic E-state index is 12.6. The van der Waals surface area contributed by atoms with Gasteiger partial charge in [0.2, 0.25) is 0 Å². The number of fused-ring (bicyclic) bond motifs is 1. The molecule has 2 aromatic heterocycles. The first-order valence-corrected chi connectivity index (χ1v) is 10.3. The summed E-state index contributed by atoms with van der Waals surface area (Å²) in [6, 6.07) is 16.0. The van der Waals surface area contributed by atoms with Gasteiger partial charge in [0.25, 0.3) is 5.91 Å². The quantitative estimate of drug-likeness (QED) is 0.675. The molecule has 3 aromatic rings. The summed E-state index contributed by atoms with van der Waals surface area (Å²) < 4.78 is 5.59. The van der Waals surface area contributed by atoms with E-state index in [-0.39, 0.29) is 18.5 Å². The number of anilines is 1. The smallest absolute Gasteiger partial charge is 0.280 e. The molecule has 28 heavy (non-hydrogen) atoms. The molecule has 3 N–H and O–H groups in total. The maximum atomic E-state index is 12.6. The number of carbonyl (C=O) groups excluding carboxylic acids is 1. The molecule has 0 saturated heterocycles. The molecular weight excluding hydrogens is 370 g/mol. The van der Waals surface area contributed by atoms with Gasteiger partial charge in [-0.25, -0.2) is 0 Å². The number of hydrogen-bond donors (Lipinski definition) is 2. The van der Waals surface area contributed by atoms with E-state index in [0.29, 0.717) is 10.6 Å². The molecule has 0 spiro atoms. The fourth-order valence-corrected chi connectivity index (χ4v) is 4.98. The van der Waals surface area contributed by atoms with E-state index < -0.39 is 0 Å². The van der Waals surface area contributed by atoms with Crippen LogP contribution in [0.3, 0.4) is 0 Å². The molecule has 2 heterocycles. The largest absolute Gasteiger partial charge is 0.463 e. The molecule has 6 heteroatoms. The summed E-state index contributed by atoms with van der Waals surface area (Å²) in [4.78, 5) is 13.9. The van der Waals surface area contributed by atoms with Crippen LogP contribution in [0.1, 0.15) is 46.2 Å². The highest BCUT2D eigenvalue weighted by Gasteiger charge is 2.24. The van der Waals surface area contributed by atoms with Gasteiger partial charge in [-0.2, -0.15) is 5.26 Å². The molecule has 142 valence electrons. The molecule has 0 unspecified atom stereocenters.